The van der Waals surface area contributed by atoms with Crippen molar-refractivity contribution in [3.8, 4) is 5.75 Å². The van der Waals surface area contributed by atoms with E-state index >= 15 is 0 Å². The average molecular weight is 524 g/mol. The number of rotatable bonds is 8. The first-order valence-electron chi connectivity index (χ1n) is 10.9. The molecule has 1 aliphatic rings. The number of nitrogens with zero attached hydrogens (tertiary/aromatic N) is 3. The summed E-state index contributed by atoms with van der Waals surface area (Å²) in [7, 11) is -3.78. The molecule has 1 fully saturated rings. The Hall–Kier alpha value is -2.54. The average Bonchev–Trinajstić information content (AvgIpc) is 3.55. The second kappa shape index (κ2) is 10.4. The van der Waals surface area contributed by atoms with Crippen molar-refractivity contribution < 1.29 is 27.5 Å². The zero-order valence-electron chi connectivity index (χ0n) is 18.8. The predicted molar refractivity (Wildman–Crippen MR) is 129 cm³/mol. The summed E-state index contributed by atoms with van der Waals surface area (Å²) >= 11 is 2.36. The molecule has 9 nitrogen and oxygen atoms in total. The number of aromatic nitrogens is 1. The van der Waals surface area contributed by atoms with E-state index in [1.54, 1.807) is 29.0 Å². The Kier molecular flexibility index (Phi) is 7.51. The van der Waals surface area contributed by atoms with Crippen LogP contribution in [0.3, 0.4) is 0 Å². The maximum absolute atomic E-state index is 13.2. The molecular weight excluding hydrogens is 498 g/mol. The van der Waals surface area contributed by atoms with Crippen LogP contribution in [0.25, 0.3) is 10.2 Å². The molecule has 1 amide bonds. The Morgan fingerprint density at radius 1 is 1.21 bits per heavy atom. The van der Waals surface area contributed by atoms with Crippen molar-refractivity contribution in [2.75, 3.05) is 19.8 Å². The Labute approximate surface area is 205 Å². The normalized spacial score (nSPS) is 17.4. The molecule has 12 heteroatoms. The first-order chi connectivity index (χ1) is 16.3. The van der Waals surface area contributed by atoms with Crippen LogP contribution in [0.4, 0.5) is 0 Å². The molecule has 1 unspecified atom stereocenters. The van der Waals surface area contributed by atoms with Crippen LogP contribution in [-0.4, -0.2) is 55.0 Å². The van der Waals surface area contributed by atoms with Gasteiger partial charge in [0.2, 0.25) is 0 Å². The van der Waals surface area contributed by atoms with E-state index in [1.807, 2.05) is 19.1 Å². The summed E-state index contributed by atoms with van der Waals surface area (Å²) in [6, 6.07) is 7.75. The van der Waals surface area contributed by atoms with Crippen LogP contribution in [0.2, 0.25) is 0 Å². The third-order valence-corrected chi connectivity index (χ3v) is 9.63. The molecule has 0 spiro atoms. The van der Waals surface area contributed by atoms with E-state index in [2.05, 4.69) is 4.99 Å². The maximum atomic E-state index is 13.2. The number of hydrogen-bond acceptors (Lipinski definition) is 8. The molecule has 0 saturated carbocycles. The summed E-state index contributed by atoms with van der Waals surface area (Å²) in [5.41, 5.74) is 0.711. The number of amides is 1. The molecule has 0 aliphatic carbocycles. The summed E-state index contributed by atoms with van der Waals surface area (Å²) in [6.07, 6.45) is 0.966. The highest BCUT2D eigenvalue weighted by Crippen LogP contribution is 2.29. The summed E-state index contributed by atoms with van der Waals surface area (Å²) in [6.45, 7) is 4.50. The SMILES string of the molecule is CCOC(=O)Cn1c(=NC(=O)C2CCCN2S(=O)(=O)c2cccs2)sc2cc(OCC)ccc21. The van der Waals surface area contributed by atoms with Crippen molar-refractivity contribution in [2.45, 2.75) is 43.5 Å². The fraction of sp³-hybridized carbons (Fsp3) is 0.409. The molecule has 4 rings (SSSR count). The molecule has 0 bridgehead atoms. The lowest BCUT2D eigenvalue weighted by Crippen LogP contribution is -2.40. The largest absolute Gasteiger partial charge is 0.494 e. The van der Waals surface area contributed by atoms with Gasteiger partial charge in [-0.2, -0.15) is 9.30 Å². The molecule has 2 aromatic heterocycles. The van der Waals surface area contributed by atoms with Crippen LogP contribution in [0.5, 0.6) is 5.75 Å². The van der Waals surface area contributed by atoms with E-state index in [-0.39, 0.29) is 23.9 Å². The number of carbonyl (C=O) groups excluding carboxylic acids is 2. The standard InChI is InChI=1S/C22H25N3O6S3/c1-3-30-15-9-10-16-18(13-15)33-22(24(16)14-19(26)31-4-2)23-21(27)17-7-5-11-25(17)34(28,29)20-8-6-12-32-20/h6,8-10,12-13,17H,3-5,7,11,14H2,1-2H3. The summed E-state index contributed by atoms with van der Waals surface area (Å²) < 4.78 is 40.6. The van der Waals surface area contributed by atoms with Crippen molar-refractivity contribution in [1.29, 1.82) is 0 Å². The number of carbonyl (C=O) groups is 2. The number of benzene rings is 1. The second-order valence-electron chi connectivity index (χ2n) is 7.49. The number of esters is 1. The van der Waals surface area contributed by atoms with Gasteiger partial charge in [0.15, 0.2) is 4.80 Å². The summed E-state index contributed by atoms with van der Waals surface area (Å²) in [4.78, 5) is 30.1. The molecule has 34 heavy (non-hydrogen) atoms. The third-order valence-electron chi connectivity index (χ3n) is 5.31. The van der Waals surface area contributed by atoms with Crippen molar-refractivity contribution in [2.24, 2.45) is 4.99 Å². The number of thiazole rings is 1. The minimum atomic E-state index is -3.78. The number of sulfonamides is 1. The zero-order chi connectivity index (χ0) is 24.3. The second-order valence-corrected chi connectivity index (χ2v) is 11.6. The third kappa shape index (κ3) is 4.95. The Bertz CT molecular complexity index is 1360. The van der Waals surface area contributed by atoms with Gasteiger partial charge in [0.25, 0.3) is 15.9 Å². The highest BCUT2D eigenvalue weighted by atomic mass is 32.2. The zero-order valence-corrected chi connectivity index (χ0v) is 21.2. The predicted octanol–water partition coefficient (Wildman–Crippen LogP) is 3.01. The lowest BCUT2D eigenvalue weighted by Gasteiger charge is -2.20. The van der Waals surface area contributed by atoms with Gasteiger partial charge in [-0.1, -0.05) is 17.4 Å². The van der Waals surface area contributed by atoms with Crippen molar-refractivity contribution >= 4 is 54.8 Å². The summed E-state index contributed by atoms with van der Waals surface area (Å²) in [5.74, 6) is -0.332. The number of fused-ring (bicyclic) bond motifs is 1. The Balaban J connectivity index is 1.73. The number of hydrogen-bond donors (Lipinski definition) is 0. The minimum absolute atomic E-state index is 0.115. The van der Waals surface area contributed by atoms with Gasteiger partial charge in [0.05, 0.1) is 23.4 Å². The van der Waals surface area contributed by atoms with E-state index in [0.29, 0.717) is 35.5 Å². The number of thiophene rings is 1. The maximum Gasteiger partial charge on any atom is 0.326 e. The molecule has 1 aromatic carbocycles. The van der Waals surface area contributed by atoms with Crippen molar-refractivity contribution in [1.82, 2.24) is 8.87 Å². The van der Waals surface area contributed by atoms with Crippen LogP contribution >= 0.6 is 22.7 Å². The molecule has 0 N–H and O–H groups in total. The topological polar surface area (TPSA) is 107 Å². The van der Waals surface area contributed by atoms with Crippen LogP contribution in [-0.2, 0) is 30.9 Å². The highest BCUT2D eigenvalue weighted by Gasteiger charge is 2.40. The first kappa shape index (κ1) is 24.6. The minimum Gasteiger partial charge on any atom is -0.494 e. The van der Waals surface area contributed by atoms with E-state index in [0.717, 1.165) is 16.0 Å². The van der Waals surface area contributed by atoms with Gasteiger partial charge in [-0.05, 0) is 56.3 Å². The Morgan fingerprint density at radius 2 is 2.03 bits per heavy atom. The smallest absolute Gasteiger partial charge is 0.326 e. The lowest BCUT2D eigenvalue weighted by atomic mass is 10.2. The fourth-order valence-electron chi connectivity index (χ4n) is 3.85. The van der Waals surface area contributed by atoms with Crippen LogP contribution in [0.1, 0.15) is 26.7 Å². The van der Waals surface area contributed by atoms with Gasteiger partial charge < -0.3 is 14.0 Å². The van der Waals surface area contributed by atoms with Gasteiger partial charge >= 0.3 is 5.97 Å². The fourth-order valence-corrected chi connectivity index (χ4v) is 7.69. The number of ether oxygens (including phenoxy) is 2. The van der Waals surface area contributed by atoms with Gasteiger partial charge in [-0.3, -0.25) is 9.59 Å². The van der Waals surface area contributed by atoms with Gasteiger partial charge in [-0.25, -0.2) is 8.42 Å². The molecule has 0 radical (unpaired) electrons. The molecule has 3 heterocycles. The van der Waals surface area contributed by atoms with Crippen LogP contribution in [0.15, 0.2) is 44.9 Å². The Morgan fingerprint density at radius 3 is 2.74 bits per heavy atom. The van der Waals surface area contributed by atoms with E-state index in [1.165, 1.54) is 21.7 Å². The van der Waals surface area contributed by atoms with E-state index in [9.17, 15) is 18.0 Å². The molecule has 182 valence electrons. The highest BCUT2D eigenvalue weighted by molar-refractivity contribution is 7.91. The first-order valence-corrected chi connectivity index (χ1v) is 14.0. The van der Waals surface area contributed by atoms with E-state index in [4.69, 9.17) is 9.47 Å². The van der Waals surface area contributed by atoms with Gasteiger partial charge in [-0.15, -0.1) is 11.3 Å². The molecule has 3 aromatic rings. The van der Waals surface area contributed by atoms with Crippen LogP contribution in [0, 0.1) is 0 Å². The van der Waals surface area contributed by atoms with Gasteiger partial charge in [0, 0.05) is 6.54 Å². The van der Waals surface area contributed by atoms with Crippen molar-refractivity contribution in [3.05, 3.63) is 40.5 Å². The van der Waals surface area contributed by atoms with E-state index < -0.39 is 27.9 Å². The molecule has 1 saturated heterocycles. The molecular formula is C22H25N3O6S3. The summed E-state index contributed by atoms with van der Waals surface area (Å²) in [5, 5.41) is 1.69. The van der Waals surface area contributed by atoms with Crippen LogP contribution < -0.4 is 9.54 Å². The quantitative estimate of drug-likeness (QED) is 0.420. The lowest BCUT2D eigenvalue weighted by molar-refractivity contribution is -0.143. The van der Waals surface area contributed by atoms with Crippen molar-refractivity contribution in [3.63, 3.8) is 0 Å². The monoisotopic (exact) mass is 523 g/mol. The molecule has 1 aliphatic heterocycles. The molecule has 1 atom stereocenters. The van der Waals surface area contributed by atoms with Gasteiger partial charge in [0.1, 0.15) is 22.5 Å².